The zero-order valence-electron chi connectivity index (χ0n) is 81.2. The number of aliphatic hydroxyl groups excluding tert-OH is 2. The predicted molar refractivity (Wildman–Crippen MR) is 526 cm³/mol. The largest absolute Gasteiger partial charge is 0.870 e. The second-order valence-corrected chi connectivity index (χ2v) is 36.5. The van der Waals surface area contributed by atoms with Gasteiger partial charge in [0.25, 0.3) is 0 Å². The van der Waals surface area contributed by atoms with Gasteiger partial charge in [0.2, 0.25) is 9.23 Å². The fourth-order valence-electron chi connectivity index (χ4n) is 13.4. The van der Waals surface area contributed by atoms with E-state index < -0.39 is 20.4 Å². The number of fused-ring (bicyclic) bond motifs is 10. The van der Waals surface area contributed by atoms with Crippen molar-refractivity contribution in [3.05, 3.63) is 346 Å². The van der Waals surface area contributed by atoms with Crippen molar-refractivity contribution >= 4 is 79.0 Å². The van der Waals surface area contributed by atoms with Gasteiger partial charge in [-0.05, 0) is 186 Å². The second kappa shape index (κ2) is 67.4. The Morgan fingerprint density at radius 3 is 1.02 bits per heavy atom. The molecule has 0 bridgehead atoms. The Bertz CT molecular complexity index is 4980. The van der Waals surface area contributed by atoms with E-state index in [1.807, 2.05) is 169 Å². The number of ether oxygens (including phenoxy) is 8. The predicted octanol–water partition coefficient (Wildman–Crippen LogP) is 17.6. The van der Waals surface area contributed by atoms with E-state index in [1.165, 1.54) is 33.4 Å². The Morgan fingerprint density at radius 1 is 0.449 bits per heavy atom. The quantitative estimate of drug-likeness (QED) is 0.0690. The summed E-state index contributed by atoms with van der Waals surface area (Å²) in [5, 5.41) is 26.6. The van der Waals surface area contributed by atoms with Crippen LogP contribution in [0, 0.1) is 37.8 Å². The van der Waals surface area contributed by atoms with Crippen LogP contribution in [0.3, 0.4) is 0 Å². The fraction of sp³-hybridized carbons (Fsp3) is 0.330. The van der Waals surface area contributed by atoms with Crippen molar-refractivity contribution in [1.29, 1.82) is 0 Å². The van der Waals surface area contributed by atoms with Crippen LogP contribution in [0.5, 0.6) is 28.7 Å². The Kier molecular flexibility index (Phi) is 64.4. The smallest absolute Gasteiger partial charge is 0.211 e. The molecule has 0 aromatic heterocycles. The summed E-state index contributed by atoms with van der Waals surface area (Å²) in [7, 11) is 19.9. The van der Waals surface area contributed by atoms with Crippen LogP contribution in [0.15, 0.2) is 239 Å². The average Bonchev–Trinajstić information content (AvgIpc) is 1.56. The summed E-state index contributed by atoms with van der Waals surface area (Å²) in [4.78, 5) is 50.9. The fourth-order valence-corrected chi connectivity index (χ4v) is 13.4. The van der Waals surface area contributed by atoms with Crippen molar-refractivity contribution < 1.29 is 246 Å². The Labute approximate surface area is 953 Å². The minimum absolute atomic E-state index is 0. The van der Waals surface area contributed by atoms with Crippen molar-refractivity contribution in [3.8, 4) is 28.7 Å². The molecule has 8 heterocycles. The summed E-state index contributed by atoms with van der Waals surface area (Å²) < 4.78 is 52.4. The van der Waals surface area contributed by atoms with Crippen LogP contribution in [0.4, 0.5) is 0 Å². The molecule has 8 aliphatic rings. The molecule has 138 heavy (non-hydrogen) atoms. The summed E-state index contributed by atoms with van der Waals surface area (Å²) in [6.45, 7) is 23.8. The molecule has 1 unspecified atom stereocenters. The number of ketones is 2. The average molecular weight is 2310 g/mol. The molecule has 8 N–H and O–H groups in total. The SMILES string of the molecule is CC(C)(N)CO.CC1(C)CO[C-]=N1.CC1(C)CO[C-]=N1.CC1(C)CO[C-]=N1.CN(C)CCC=C1c2ccccc2COc2cc[c-]cc21.CN(C)CCC=C1c2ccccc2COc2cc[c-]cc21.CN(C)CCCC1(O)c2ccccc2COc2cc[c-]cc21.O.O=C1c2ccccc2COc2cc[c-]cc21.O=C1c2ccccc2COc2cc[c-]cc21.O=S(Cl)Cl.O=[C-]O.[CH3-].[OH-].[Y].[Y].[Y].[Y].[Y]. The van der Waals surface area contributed by atoms with Crippen LogP contribution < -0.4 is 29.4 Å². The van der Waals surface area contributed by atoms with Gasteiger partial charge in [-0.25, -0.2) is 23.4 Å². The number of nitrogens with two attached hydrogens (primary N) is 1. The molecule has 1 atom stereocenters. The standard InChI is InChI=1S/C19H22NO2.2C19H20NO.2C14H9O2.3C5H8NO.C4H11NO.CHO2.CH3.Cl2OS.2H2O.5Y/c1-20(2)13-7-12-19(21)16-9-4-3-8-15(16)14-22-18-11-6-5-10-17(18)19;2*1-20(2)13-7-11-17-16-9-4-3-8-15(16)14-21-19-12-6-5-10-18(17)19;2*15-14-11-6-2-1-5-10(11)9-16-13-8-4-3-7-12(13)14;3*1-5(2)3-7-4-6-5;1-4(2,5)3-6;2-1-3;;1-4(2)3;;;;;;;/h3-4,6,8-11,21H,7,12-14H2,1-2H3;2*3-4,6,8-12H,7,13-14H2,1-2H3;2*1-2,4-8H,9H2;3*3H2,1-2H3;6H,3,5H2,1-2H3;(H,2,3);1H3;;2*1H2;;;;;/q8*-1;;2*-1;;;;;;;;/p-1. The third-order valence-corrected chi connectivity index (χ3v) is 20.1. The van der Waals surface area contributed by atoms with E-state index in [4.69, 9.17) is 62.8 Å². The van der Waals surface area contributed by atoms with Gasteiger partial charge >= 0.3 is 0 Å². The van der Waals surface area contributed by atoms with Gasteiger partial charge in [-0.2, -0.15) is 91.0 Å². The number of aliphatic hydroxyl groups is 2. The molecular weight excluding hydrogens is 2190 g/mol. The van der Waals surface area contributed by atoms with Crippen LogP contribution in [0.25, 0.3) is 11.1 Å². The molecule has 0 saturated heterocycles. The molecule has 0 aliphatic carbocycles. The van der Waals surface area contributed by atoms with E-state index in [0.29, 0.717) is 88.4 Å². The van der Waals surface area contributed by atoms with Gasteiger partial charge in [0.1, 0.15) is 44.6 Å². The number of aliphatic imine (C=N–C) groups is 3. The first-order valence-electron chi connectivity index (χ1n) is 42.3. The molecule has 0 saturated carbocycles. The zero-order valence-corrected chi connectivity index (χ0v) is 97.7. The molecule has 0 amide bonds. The third-order valence-electron chi connectivity index (χ3n) is 20.1. The summed E-state index contributed by atoms with van der Waals surface area (Å²) in [6.07, 6.45) is 15.6. The topological polar surface area (TPSA) is 337 Å². The monoisotopic (exact) mass is 2310 g/mol. The number of benzene rings is 10. The van der Waals surface area contributed by atoms with Gasteiger partial charge in [-0.15, -0.1) is 30.3 Å². The Hall–Kier alpha value is -6.17. The van der Waals surface area contributed by atoms with Crippen molar-refractivity contribution in [2.45, 2.75) is 142 Å². The van der Waals surface area contributed by atoms with E-state index in [0.717, 1.165) is 106 Å². The summed E-state index contributed by atoms with van der Waals surface area (Å²) in [5.74, 6) is 3.95. The Balaban J connectivity index is 0.00000155. The number of carbonyl (C=O) groups is 2. The second-order valence-electron chi connectivity index (χ2n) is 34.0. The number of hydrogen-bond donors (Lipinski definition) is 4. The molecule has 0 fully saturated rings. The molecule has 32 heteroatoms. The number of halogens is 2. The van der Waals surface area contributed by atoms with Crippen LogP contribution in [0.1, 0.15) is 174 Å². The summed E-state index contributed by atoms with van der Waals surface area (Å²) in [6, 6.07) is 83.2. The van der Waals surface area contributed by atoms with Gasteiger partial charge in [0.15, 0.2) is 0 Å². The Morgan fingerprint density at radius 2 is 0.717 bits per heavy atom. The number of carbonyl (C=O) groups excluding carboxylic acids is 2. The number of nitrogens with zero attached hydrogens (tertiary/aromatic N) is 6. The number of rotatable bonds is 11. The van der Waals surface area contributed by atoms with Gasteiger partial charge < -0.3 is 121 Å². The van der Waals surface area contributed by atoms with Gasteiger partial charge in [-0.3, -0.25) is 0 Å². The van der Waals surface area contributed by atoms with E-state index in [-0.39, 0.29) is 217 Å². The molecular formula is C106H122Cl2N7O17SY5-11. The maximum absolute atomic E-state index is 12.2. The molecule has 5 radical (unpaired) electrons. The summed E-state index contributed by atoms with van der Waals surface area (Å²) in [5.41, 5.74) is 21.0. The van der Waals surface area contributed by atoms with Crippen molar-refractivity contribution in [3.63, 3.8) is 0 Å². The van der Waals surface area contributed by atoms with Crippen LogP contribution in [0.2, 0.25) is 0 Å². The molecule has 24 nitrogen and oxygen atoms in total. The van der Waals surface area contributed by atoms with E-state index in [9.17, 15) is 14.7 Å². The third kappa shape index (κ3) is 43.8. The number of hydrogen-bond acceptors (Lipinski definition) is 22. The van der Waals surface area contributed by atoms with Gasteiger partial charge in [-0.1, -0.05) is 168 Å². The first-order chi connectivity index (χ1) is 62.2. The van der Waals surface area contributed by atoms with Gasteiger partial charge in [0, 0.05) is 243 Å². The normalized spacial score (nSPS) is 15.6. The van der Waals surface area contributed by atoms with Crippen LogP contribution in [-0.4, -0.2) is 193 Å². The minimum atomic E-state index is -1.67. The molecule has 729 valence electrons. The molecule has 10 aromatic rings. The first-order valence-corrected chi connectivity index (χ1v) is 45.1. The molecule has 8 aliphatic heterocycles. The van der Waals surface area contributed by atoms with Crippen molar-refractivity contribution in [1.82, 2.24) is 14.7 Å². The molecule has 0 spiro atoms. The van der Waals surface area contributed by atoms with Crippen LogP contribution in [-0.2, 0) is 230 Å². The van der Waals surface area contributed by atoms with Gasteiger partial charge in [0.05, 0.1) is 48.6 Å². The molecule has 10 aromatic carbocycles. The van der Waals surface area contributed by atoms with E-state index >= 15 is 0 Å². The summed E-state index contributed by atoms with van der Waals surface area (Å²) >= 11 is 0. The minimum Gasteiger partial charge on any atom is -0.870 e. The first kappa shape index (κ1) is 132. The maximum atomic E-state index is 12.2. The van der Waals surface area contributed by atoms with E-state index in [1.54, 1.807) is 50.2 Å². The zero-order chi connectivity index (χ0) is 94.3. The van der Waals surface area contributed by atoms with Crippen molar-refractivity contribution in [2.24, 2.45) is 20.7 Å². The van der Waals surface area contributed by atoms with Crippen molar-refractivity contribution in [2.75, 3.05) is 88.3 Å². The van der Waals surface area contributed by atoms with Crippen LogP contribution >= 0.6 is 21.4 Å². The molecule has 18 rings (SSSR count). The maximum Gasteiger partial charge on any atom is 0.211 e. The van der Waals surface area contributed by atoms with E-state index in [2.05, 4.69) is 204 Å².